The summed E-state index contributed by atoms with van der Waals surface area (Å²) in [7, 11) is 0. The SMILES string of the molecule is Nc1ncc(F)c(Oc2ccc([N+](=O)[O-])c(F)c2)n1. The van der Waals surface area contributed by atoms with Crippen LogP contribution >= 0.6 is 0 Å². The van der Waals surface area contributed by atoms with E-state index in [0.29, 0.717) is 0 Å². The Bertz CT molecular complexity index is 651. The van der Waals surface area contributed by atoms with Gasteiger partial charge in [0, 0.05) is 12.1 Å². The molecule has 0 atom stereocenters. The van der Waals surface area contributed by atoms with Crippen LogP contribution in [-0.4, -0.2) is 14.9 Å². The van der Waals surface area contributed by atoms with Crippen LogP contribution in [0.25, 0.3) is 0 Å². The molecule has 0 saturated heterocycles. The lowest BCUT2D eigenvalue weighted by Gasteiger charge is -2.05. The fourth-order valence-corrected chi connectivity index (χ4v) is 1.25. The normalized spacial score (nSPS) is 10.2. The van der Waals surface area contributed by atoms with Gasteiger partial charge in [-0.15, -0.1) is 0 Å². The molecule has 0 unspecified atom stereocenters. The minimum absolute atomic E-state index is 0.153. The van der Waals surface area contributed by atoms with E-state index in [1.807, 2.05) is 0 Å². The predicted octanol–water partition coefficient (Wildman–Crippen LogP) is 2.04. The smallest absolute Gasteiger partial charge is 0.305 e. The quantitative estimate of drug-likeness (QED) is 0.674. The standard InChI is InChI=1S/C10H6F2N4O3/c11-6-3-5(1-2-8(6)16(17)18)19-9-7(12)4-14-10(13)15-9/h1-4H,(H2,13,14,15). The highest BCUT2D eigenvalue weighted by atomic mass is 19.1. The molecule has 0 radical (unpaired) electrons. The van der Waals surface area contributed by atoms with E-state index in [4.69, 9.17) is 10.5 Å². The zero-order chi connectivity index (χ0) is 14.0. The van der Waals surface area contributed by atoms with Crippen molar-refractivity contribution in [1.82, 2.24) is 9.97 Å². The molecule has 0 aliphatic carbocycles. The Morgan fingerprint density at radius 1 is 1.32 bits per heavy atom. The number of aromatic nitrogens is 2. The Morgan fingerprint density at radius 3 is 2.68 bits per heavy atom. The maximum Gasteiger partial charge on any atom is 0.305 e. The van der Waals surface area contributed by atoms with Gasteiger partial charge in [-0.3, -0.25) is 10.1 Å². The summed E-state index contributed by atoms with van der Waals surface area (Å²) >= 11 is 0. The van der Waals surface area contributed by atoms with Gasteiger partial charge in [0.2, 0.25) is 17.6 Å². The zero-order valence-electron chi connectivity index (χ0n) is 9.21. The number of halogens is 2. The second kappa shape index (κ2) is 4.80. The Hall–Kier alpha value is -2.84. The van der Waals surface area contributed by atoms with Crippen molar-refractivity contribution in [2.24, 2.45) is 0 Å². The van der Waals surface area contributed by atoms with E-state index < -0.39 is 28.1 Å². The number of nitro benzene ring substituents is 1. The molecule has 19 heavy (non-hydrogen) atoms. The molecule has 0 saturated carbocycles. The fraction of sp³-hybridized carbons (Fsp3) is 0. The molecule has 7 nitrogen and oxygen atoms in total. The second-order valence-electron chi connectivity index (χ2n) is 3.35. The molecule has 0 amide bonds. The van der Waals surface area contributed by atoms with Gasteiger partial charge in [0.25, 0.3) is 5.88 Å². The Kier molecular flexibility index (Phi) is 3.19. The summed E-state index contributed by atoms with van der Waals surface area (Å²) in [5.41, 5.74) is 4.53. The average molecular weight is 268 g/mol. The lowest BCUT2D eigenvalue weighted by molar-refractivity contribution is -0.387. The molecular formula is C10H6F2N4O3. The summed E-state index contributed by atoms with van der Waals surface area (Å²) in [6, 6.07) is 2.75. The Labute approximate surface area is 104 Å². The number of ether oxygens (including phenoxy) is 1. The topological polar surface area (TPSA) is 104 Å². The summed E-state index contributed by atoms with van der Waals surface area (Å²) in [5.74, 6) is -2.88. The summed E-state index contributed by atoms with van der Waals surface area (Å²) in [5, 5.41) is 10.4. The average Bonchev–Trinajstić information content (AvgIpc) is 2.33. The lowest BCUT2D eigenvalue weighted by Crippen LogP contribution is -2.00. The second-order valence-corrected chi connectivity index (χ2v) is 3.35. The number of nitrogens with two attached hydrogens (primary N) is 1. The van der Waals surface area contributed by atoms with Gasteiger partial charge in [-0.1, -0.05) is 0 Å². The van der Waals surface area contributed by atoms with Crippen molar-refractivity contribution in [3.05, 3.63) is 46.1 Å². The number of anilines is 1. The third-order valence-corrected chi connectivity index (χ3v) is 2.06. The summed E-state index contributed by atoms with van der Waals surface area (Å²) < 4.78 is 31.5. The number of nitrogen functional groups attached to an aromatic ring is 1. The number of hydrogen-bond acceptors (Lipinski definition) is 6. The minimum atomic E-state index is -1.11. The van der Waals surface area contributed by atoms with E-state index in [9.17, 15) is 18.9 Å². The number of nitro groups is 1. The molecule has 9 heteroatoms. The van der Waals surface area contributed by atoms with Crippen LogP contribution in [0.15, 0.2) is 24.4 Å². The van der Waals surface area contributed by atoms with Crippen molar-refractivity contribution < 1.29 is 18.4 Å². The number of rotatable bonds is 3. The van der Waals surface area contributed by atoms with Crippen LogP contribution in [0.4, 0.5) is 20.4 Å². The van der Waals surface area contributed by atoms with Crippen LogP contribution in [0.3, 0.4) is 0 Å². The van der Waals surface area contributed by atoms with Gasteiger partial charge in [0.1, 0.15) is 5.75 Å². The molecule has 0 aliphatic rings. The third kappa shape index (κ3) is 2.70. The molecule has 2 aromatic rings. The summed E-state index contributed by atoms with van der Waals surface area (Å²) in [6.07, 6.45) is 0.791. The molecule has 0 fully saturated rings. The molecular weight excluding hydrogens is 262 g/mol. The number of hydrogen-bond donors (Lipinski definition) is 1. The first-order valence-electron chi connectivity index (χ1n) is 4.87. The highest BCUT2D eigenvalue weighted by Crippen LogP contribution is 2.26. The third-order valence-electron chi connectivity index (χ3n) is 2.06. The van der Waals surface area contributed by atoms with Crippen LogP contribution in [-0.2, 0) is 0 Å². The highest BCUT2D eigenvalue weighted by Gasteiger charge is 2.16. The van der Waals surface area contributed by atoms with Gasteiger partial charge in [-0.05, 0) is 6.07 Å². The largest absolute Gasteiger partial charge is 0.436 e. The molecule has 98 valence electrons. The number of nitrogens with zero attached hydrogens (tertiary/aromatic N) is 3. The van der Waals surface area contributed by atoms with Gasteiger partial charge in [0.05, 0.1) is 11.1 Å². The van der Waals surface area contributed by atoms with E-state index in [1.165, 1.54) is 0 Å². The monoisotopic (exact) mass is 268 g/mol. The molecule has 1 aromatic carbocycles. The Balaban J connectivity index is 2.31. The molecule has 0 bridgehead atoms. The summed E-state index contributed by atoms with van der Waals surface area (Å²) in [6.45, 7) is 0. The molecule has 0 spiro atoms. The van der Waals surface area contributed by atoms with E-state index in [2.05, 4.69) is 9.97 Å². The number of benzene rings is 1. The molecule has 1 aromatic heterocycles. The van der Waals surface area contributed by atoms with Crippen molar-refractivity contribution in [2.45, 2.75) is 0 Å². The van der Waals surface area contributed by atoms with Crippen LogP contribution < -0.4 is 10.5 Å². The van der Waals surface area contributed by atoms with Crippen molar-refractivity contribution in [2.75, 3.05) is 5.73 Å². The van der Waals surface area contributed by atoms with Crippen LogP contribution in [0.5, 0.6) is 11.6 Å². The first-order chi connectivity index (χ1) is 8.97. The van der Waals surface area contributed by atoms with Crippen molar-refractivity contribution in [3.63, 3.8) is 0 Å². The van der Waals surface area contributed by atoms with E-state index >= 15 is 0 Å². The van der Waals surface area contributed by atoms with Crippen molar-refractivity contribution in [1.29, 1.82) is 0 Å². The van der Waals surface area contributed by atoms with Crippen LogP contribution in [0.1, 0.15) is 0 Å². The molecule has 2 N–H and O–H groups in total. The van der Waals surface area contributed by atoms with Gasteiger partial charge in [-0.25, -0.2) is 4.98 Å². The lowest BCUT2D eigenvalue weighted by atomic mass is 10.3. The van der Waals surface area contributed by atoms with E-state index in [0.717, 1.165) is 24.4 Å². The summed E-state index contributed by atoms with van der Waals surface area (Å²) in [4.78, 5) is 16.4. The van der Waals surface area contributed by atoms with E-state index in [1.54, 1.807) is 0 Å². The molecule has 1 heterocycles. The maximum absolute atomic E-state index is 13.3. The van der Waals surface area contributed by atoms with Crippen molar-refractivity contribution in [3.8, 4) is 11.6 Å². The minimum Gasteiger partial charge on any atom is -0.436 e. The fourth-order valence-electron chi connectivity index (χ4n) is 1.25. The van der Waals surface area contributed by atoms with Crippen LogP contribution in [0.2, 0.25) is 0 Å². The maximum atomic E-state index is 13.3. The molecule has 0 aliphatic heterocycles. The van der Waals surface area contributed by atoms with Gasteiger partial charge < -0.3 is 10.5 Å². The first-order valence-corrected chi connectivity index (χ1v) is 4.87. The first kappa shape index (κ1) is 12.6. The van der Waals surface area contributed by atoms with Crippen LogP contribution in [0, 0.1) is 21.7 Å². The van der Waals surface area contributed by atoms with Gasteiger partial charge in [0.15, 0.2) is 0 Å². The van der Waals surface area contributed by atoms with Crippen molar-refractivity contribution >= 4 is 11.6 Å². The molecule has 2 rings (SSSR count). The van der Waals surface area contributed by atoms with Gasteiger partial charge >= 0.3 is 5.69 Å². The zero-order valence-corrected chi connectivity index (χ0v) is 9.21. The highest BCUT2D eigenvalue weighted by molar-refractivity contribution is 5.39. The van der Waals surface area contributed by atoms with Gasteiger partial charge in [-0.2, -0.15) is 13.8 Å². The predicted molar refractivity (Wildman–Crippen MR) is 59.5 cm³/mol. The Morgan fingerprint density at radius 2 is 2.05 bits per heavy atom. The van der Waals surface area contributed by atoms with E-state index in [-0.39, 0.29) is 11.7 Å².